The molecule has 0 bridgehead atoms. The van der Waals surface area contributed by atoms with Crippen molar-refractivity contribution in [1.29, 1.82) is 0 Å². The number of amides is 1. The van der Waals surface area contributed by atoms with E-state index in [1.807, 2.05) is 0 Å². The average Bonchev–Trinajstić information content (AvgIpc) is 2.50. The van der Waals surface area contributed by atoms with Crippen LogP contribution >= 0.6 is 0 Å². The molecule has 0 heterocycles. The molecular weight excluding hydrogens is 286 g/mol. The standard InChI is InChI=1S/C11H23N3O7/c1-21-11(20)9(18)7(16)6(15)8(17)10(19)14-5-4-13-3-2-12/h6-9,13,15-18H,2-5,12H2,1H3,(H,14,19)/t6-,7-,8-,9-/m0/s1. The van der Waals surface area contributed by atoms with Gasteiger partial charge < -0.3 is 41.5 Å². The monoisotopic (exact) mass is 309 g/mol. The SMILES string of the molecule is COC(=O)[C@@H](O)[C@@H](O)[C@H](O)[C@H](O)C(=O)NCCNCCN. The molecule has 21 heavy (non-hydrogen) atoms. The summed E-state index contributed by atoms with van der Waals surface area (Å²) in [6.07, 6.45) is -8.18. The molecule has 1 amide bonds. The van der Waals surface area contributed by atoms with Crippen LogP contribution in [0.5, 0.6) is 0 Å². The molecule has 0 aromatic heterocycles. The van der Waals surface area contributed by atoms with E-state index >= 15 is 0 Å². The zero-order chi connectivity index (χ0) is 16.4. The van der Waals surface area contributed by atoms with Crippen LogP contribution in [0.15, 0.2) is 0 Å². The van der Waals surface area contributed by atoms with Crippen LogP contribution in [0.1, 0.15) is 0 Å². The summed E-state index contributed by atoms with van der Waals surface area (Å²) >= 11 is 0. The van der Waals surface area contributed by atoms with Crippen molar-refractivity contribution in [2.75, 3.05) is 33.3 Å². The van der Waals surface area contributed by atoms with Gasteiger partial charge in [0.1, 0.15) is 12.2 Å². The number of carbonyl (C=O) groups is 2. The van der Waals surface area contributed by atoms with E-state index < -0.39 is 36.3 Å². The van der Waals surface area contributed by atoms with E-state index in [4.69, 9.17) is 5.73 Å². The highest BCUT2D eigenvalue weighted by Gasteiger charge is 2.37. The van der Waals surface area contributed by atoms with Gasteiger partial charge in [0.05, 0.1) is 7.11 Å². The maximum atomic E-state index is 11.5. The molecule has 0 aromatic rings. The third kappa shape index (κ3) is 6.80. The van der Waals surface area contributed by atoms with Gasteiger partial charge in [0.15, 0.2) is 12.2 Å². The van der Waals surface area contributed by atoms with Crippen molar-refractivity contribution in [3.05, 3.63) is 0 Å². The molecule has 10 nitrogen and oxygen atoms in total. The van der Waals surface area contributed by atoms with Gasteiger partial charge in [-0.1, -0.05) is 0 Å². The summed E-state index contributed by atoms with van der Waals surface area (Å²) in [6, 6.07) is 0. The van der Waals surface area contributed by atoms with Crippen LogP contribution in [0.4, 0.5) is 0 Å². The van der Waals surface area contributed by atoms with Crippen molar-refractivity contribution in [2.45, 2.75) is 24.4 Å². The smallest absolute Gasteiger partial charge is 0.337 e. The maximum absolute atomic E-state index is 11.5. The Bertz CT molecular complexity index is 329. The van der Waals surface area contributed by atoms with Crippen LogP contribution in [0.2, 0.25) is 0 Å². The molecule has 0 rings (SSSR count). The first-order valence-corrected chi connectivity index (χ1v) is 6.35. The second-order valence-electron chi connectivity index (χ2n) is 4.22. The summed E-state index contributed by atoms with van der Waals surface area (Å²) in [5, 5.41) is 43.1. The van der Waals surface area contributed by atoms with Crippen molar-refractivity contribution in [2.24, 2.45) is 5.73 Å². The molecule has 0 radical (unpaired) electrons. The number of esters is 1. The molecule has 8 N–H and O–H groups in total. The quantitative estimate of drug-likeness (QED) is 0.154. The van der Waals surface area contributed by atoms with E-state index in [0.29, 0.717) is 19.6 Å². The highest BCUT2D eigenvalue weighted by Crippen LogP contribution is 2.06. The van der Waals surface area contributed by atoms with E-state index in [1.54, 1.807) is 0 Å². The van der Waals surface area contributed by atoms with Crippen molar-refractivity contribution in [3.63, 3.8) is 0 Å². The van der Waals surface area contributed by atoms with Gasteiger partial charge in [-0.2, -0.15) is 0 Å². The molecule has 0 aliphatic carbocycles. The second kappa shape index (κ2) is 10.4. The minimum absolute atomic E-state index is 0.165. The molecule has 0 aromatic carbocycles. The van der Waals surface area contributed by atoms with E-state index in [0.717, 1.165) is 7.11 Å². The first kappa shape index (κ1) is 19.7. The Labute approximate surface area is 121 Å². The summed E-state index contributed by atoms with van der Waals surface area (Å²) in [4.78, 5) is 22.5. The Morgan fingerprint density at radius 2 is 1.62 bits per heavy atom. The van der Waals surface area contributed by atoms with Gasteiger partial charge in [-0.05, 0) is 0 Å². The normalized spacial score (nSPS) is 16.7. The van der Waals surface area contributed by atoms with Gasteiger partial charge in [-0.25, -0.2) is 4.79 Å². The lowest BCUT2D eigenvalue weighted by Crippen LogP contribution is -2.53. The summed E-state index contributed by atoms with van der Waals surface area (Å²) < 4.78 is 4.17. The van der Waals surface area contributed by atoms with Crippen molar-refractivity contribution in [3.8, 4) is 0 Å². The van der Waals surface area contributed by atoms with Gasteiger partial charge in [-0.3, -0.25) is 4.79 Å². The number of hydrogen-bond donors (Lipinski definition) is 7. The number of nitrogens with one attached hydrogen (secondary N) is 2. The van der Waals surface area contributed by atoms with Crippen molar-refractivity contribution < 1.29 is 34.8 Å². The number of carbonyl (C=O) groups excluding carboxylic acids is 2. The number of hydrogen-bond acceptors (Lipinski definition) is 9. The molecule has 0 saturated carbocycles. The Morgan fingerprint density at radius 3 is 2.14 bits per heavy atom. The van der Waals surface area contributed by atoms with E-state index in [9.17, 15) is 30.0 Å². The van der Waals surface area contributed by atoms with E-state index in [-0.39, 0.29) is 6.54 Å². The summed E-state index contributed by atoms with van der Waals surface area (Å²) in [6.45, 7) is 1.56. The van der Waals surface area contributed by atoms with E-state index in [1.165, 1.54) is 0 Å². The molecule has 0 unspecified atom stereocenters. The molecule has 0 aliphatic rings. The summed E-state index contributed by atoms with van der Waals surface area (Å²) in [5.74, 6) is -2.15. The lowest BCUT2D eigenvalue weighted by molar-refractivity contribution is -0.169. The maximum Gasteiger partial charge on any atom is 0.337 e. The Balaban J connectivity index is 4.25. The fourth-order valence-electron chi connectivity index (χ4n) is 1.39. The molecule has 0 aliphatic heterocycles. The predicted molar refractivity (Wildman–Crippen MR) is 71.0 cm³/mol. The van der Waals surface area contributed by atoms with Crippen LogP contribution in [-0.2, 0) is 14.3 Å². The zero-order valence-electron chi connectivity index (χ0n) is 11.7. The topological polar surface area (TPSA) is 174 Å². The van der Waals surface area contributed by atoms with Crippen molar-refractivity contribution in [1.82, 2.24) is 10.6 Å². The Kier molecular flexibility index (Phi) is 9.78. The Morgan fingerprint density at radius 1 is 1.05 bits per heavy atom. The molecule has 0 fully saturated rings. The first-order chi connectivity index (χ1) is 9.86. The van der Waals surface area contributed by atoms with E-state index in [2.05, 4.69) is 15.4 Å². The molecular formula is C11H23N3O7. The van der Waals surface area contributed by atoms with Gasteiger partial charge in [0, 0.05) is 26.2 Å². The van der Waals surface area contributed by atoms with Crippen LogP contribution in [0, 0.1) is 0 Å². The number of aliphatic hydroxyl groups excluding tert-OH is 4. The van der Waals surface area contributed by atoms with Gasteiger partial charge in [0.2, 0.25) is 0 Å². The minimum atomic E-state index is -2.07. The zero-order valence-corrected chi connectivity index (χ0v) is 11.7. The number of ether oxygens (including phenoxy) is 1. The largest absolute Gasteiger partial charge is 0.467 e. The molecule has 124 valence electrons. The average molecular weight is 309 g/mol. The highest BCUT2D eigenvalue weighted by atomic mass is 16.5. The third-order valence-electron chi connectivity index (χ3n) is 2.63. The van der Waals surface area contributed by atoms with Gasteiger partial charge in [0.25, 0.3) is 5.91 Å². The predicted octanol–water partition coefficient (Wildman–Crippen LogP) is -4.73. The molecule has 0 saturated heterocycles. The third-order valence-corrected chi connectivity index (χ3v) is 2.63. The molecule has 10 heteroatoms. The van der Waals surface area contributed by atoms with Crippen LogP contribution in [-0.4, -0.2) is 90.0 Å². The number of rotatable bonds is 10. The fourth-order valence-corrected chi connectivity index (χ4v) is 1.39. The summed E-state index contributed by atoms with van der Waals surface area (Å²) in [7, 11) is 0.974. The number of methoxy groups -OCH3 is 1. The highest BCUT2D eigenvalue weighted by molar-refractivity contribution is 5.81. The fraction of sp³-hybridized carbons (Fsp3) is 0.818. The van der Waals surface area contributed by atoms with Crippen LogP contribution in [0.25, 0.3) is 0 Å². The molecule has 4 atom stereocenters. The van der Waals surface area contributed by atoms with Crippen molar-refractivity contribution >= 4 is 11.9 Å². The summed E-state index contributed by atoms with van der Waals surface area (Å²) in [5.41, 5.74) is 5.24. The number of nitrogens with two attached hydrogens (primary N) is 1. The van der Waals surface area contributed by atoms with Gasteiger partial charge >= 0.3 is 5.97 Å². The molecule has 0 spiro atoms. The Hall–Kier alpha value is -1.30. The lowest BCUT2D eigenvalue weighted by atomic mass is 10.0. The number of aliphatic hydroxyl groups is 4. The lowest BCUT2D eigenvalue weighted by Gasteiger charge is -2.24. The minimum Gasteiger partial charge on any atom is -0.467 e. The second-order valence-corrected chi connectivity index (χ2v) is 4.22. The van der Waals surface area contributed by atoms with Gasteiger partial charge in [-0.15, -0.1) is 0 Å². The van der Waals surface area contributed by atoms with Crippen LogP contribution < -0.4 is 16.4 Å². The van der Waals surface area contributed by atoms with Crippen LogP contribution in [0.3, 0.4) is 0 Å². The first-order valence-electron chi connectivity index (χ1n) is 6.35.